The van der Waals surface area contributed by atoms with Gasteiger partial charge in [-0.15, -0.1) is 11.3 Å². The van der Waals surface area contributed by atoms with Crippen LogP contribution in [0.4, 0.5) is 5.69 Å². The number of anilines is 1. The van der Waals surface area contributed by atoms with E-state index in [2.05, 4.69) is 23.5 Å². The first-order valence-electron chi connectivity index (χ1n) is 10.6. The number of amides is 3. The van der Waals surface area contributed by atoms with E-state index in [4.69, 9.17) is 23.1 Å². The van der Waals surface area contributed by atoms with E-state index in [0.717, 1.165) is 18.0 Å². The first kappa shape index (κ1) is 25.7. The number of nitrogens with zero attached hydrogens (tertiary/aromatic N) is 2. The van der Waals surface area contributed by atoms with Crippen molar-refractivity contribution in [2.24, 2.45) is 11.7 Å². The second-order valence-electron chi connectivity index (χ2n) is 8.05. The summed E-state index contributed by atoms with van der Waals surface area (Å²) < 4.78 is 3.95. The van der Waals surface area contributed by atoms with Crippen LogP contribution in [0.25, 0.3) is 0 Å². The van der Waals surface area contributed by atoms with Crippen molar-refractivity contribution in [1.29, 1.82) is 0 Å². The van der Waals surface area contributed by atoms with Gasteiger partial charge in [-0.1, -0.05) is 49.7 Å². The van der Waals surface area contributed by atoms with Crippen LogP contribution < -0.4 is 16.8 Å². The summed E-state index contributed by atoms with van der Waals surface area (Å²) in [4.78, 5) is 41.0. The standard InChI is InChI=1S/C23H26ClN5O3S2/c1-13(2)9-10-27-22(31)19(16-8-5-11-33-16)29(12-14-6-3-4-7-15(14)24)23(32)20-17(25)18(21(26)30)28-34-20/h3-8,11,13,19H,9-10,12,25H2,1-2H3,(H2,26,30)(H,27,31). The number of carbonyl (C=O) groups is 3. The molecule has 1 aromatic carbocycles. The van der Waals surface area contributed by atoms with E-state index in [1.54, 1.807) is 30.3 Å². The summed E-state index contributed by atoms with van der Waals surface area (Å²) in [7, 11) is 0. The van der Waals surface area contributed by atoms with Gasteiger partial charge in [0.2, 0.25) is 5.91 Å². The molecule has 0 fully saturated rings. The Bertz CT molecular complexity index is 1160. The van der Waals surface area contributed by atoms with Gasteiger partial charge in [0.1, 0.15) is 10.9 Å². The Kier molecular flexibility index (Phi) is 8.65. The number of nitrogen functional groups attached to an aromatic ring is 1. The molecule has 3 rings (SSSR count). The fraction of sp³-hybridized carbons (Fsp3) is 0.304. The van der Waals surface area contributed by atoms with E-state index in [1.807, 2.05) is 11.4 Å². The van der Waals surface area contributed by atoms with Crippen LogP contribution in [-0.2, 0) is 11.3 Å². The molecule has 0 aliphatic heterocycles. The number of primary amides is 1. The largest absolute Gasteiger partial charge is 0.395 e. The molecule has 5 N–H and O–H groups in total. The van der Waals surface area contributed by atoms with E-state index in [9.17, 15) is 14.4 Å². The lowest BCUT2D eigenvalue weighted by Gasteiger charge is -2.30. The Morgan fingerprint density at radius 2 is 1.91 bits per heavy atom. The summed E-state index contributed by atoms with van der Waals surface area (Å²) in [5, 5.41) is 5.25. The molecule has 0 spiro atoms. The minimum atomic E-state index is -0.936. The fourth-order valence-corrected chi connectivity index (χ4v) is 5.09. The number of hydrogen-bond acceptors (Lipinski definition) is 7. The molecule has 0 aliphatic rings. The number of aromatic nitrogens is 1. The average Bonchev–Trinajstić information content (AvgIpc) is 3.44. The predicted octanol–water partition coefficient (Wildman–Crippen LogP) is 4.09. The molecule has 8 nitrogen and oxygen atoms in total. The van der Waals surface area contributed by atoms with Crippen molar-refractivity contribution in [2.75, 3.05) is 12.3 Å². The summed E-state index contributed by atoms with van der Waals surface area (Å²) in [5.41, 5.74) is 11.8. The summed E-state index contributed by atoms with van der Waals surface area (Å²) in [6, 6.07) is 9.78. The summed E-state index contributed by atoms with van der Waals surface area (Å²) >= 11 is 8.53. The number of rotatable bonds is 10. The van der Waals surface area contributed by atoms with Crippen molar-refractivity contribution >= 4 is 57.9 Å². The van der Waals surface area contributed by atoms with Crippen LogP contribution in [0.1, 0.15) is 56.9 Å². The molecule has 2 heterocycles. The average molecular weight is 520 g/mol. The molecule has 3 amide bonds. The zero-order chi connectivity index (χ0) is 24.8. The van der Waals surface area contributed by atoms with Gasteiger partial charge in [-0.3, -0.25) is 14.4 Å². The quantitative estimate of drug-likeness (QED) is 0.371. The Hall–Kier alpha value is -2.95. The van der Waals surface area contributed by atoms with Gasteiger partial charge in [0.15, 0.2) is 5.69 Å². The molecule has 180 valence electrons. The van der Waals surface area contributed by atoms with Crippen LogP contribution >= 0.6 is 34.5 Å². The Morgan fingerprint density at radius 1 is 1.18 bits per heavy atom. The first-order valence-corrected chi connectivity index (χ1v) is 12.6. The zero-order valence-corrected chi connectivity index (χ0v) is 21.2. The second kappa shape index (κ2) is 11.5. The molecular formula is C23H26ClN5O3S2. The lowest BCUT2D eigenvalue weighted by molar-refractivity contribution is -0.126. The van der Waals surface area contributed by atoms with E-state index in [1.165, 1.54) is 16.2 Å². The predicted molar refractivity (Wildman–Crippen MR) is 136 cm³/mol. The number of carbonyl (C=O) groups excluding carboxylic acids is 3. The lowest BCUT2D eigenvalue weighted by Crippen LogP contribution is -2.43. The number of benzene rings is 1. The molecule has 0 saturated carbocycles. The van der Waals surface area contributed by atoms with Crippen LogP contribution in [0.3, 0.4) is 0 Å². The Morgan fingerprint density at radius 3 is 2.50 bits per heavy atom. The highest BCUT2D eigenvalue weighted by molar-refractivity contribution is 7.10. The molecule has 11 heteroatoms. The highest BCUT2D eigenvalue weighted by Crippen LogP contribution is 2.33. The summed E-state index contributed by atoms with van der Waals surface area (Å²) in [6.07, 6.45) is 0.797. The fourth-order valence-electron chi connectivity index (χ4n) is 3.30. The number of thiophene rings is 1. The monoisotopic (exact) mass is 519 g/mol. The molecule has 1 unspecified atom stereocenters. The molecule has 0 saturated heterocycles. The van der Waals surface area contributed by atoms with Crippen molar-refractivity contribution in [3.05, 3.63) is 67.8 Å². The Balaban J connectivity index is 2.05. The van der Waals surface area contributed by atoms with Gasteiger partial charge in [-0.05, 0) is 46.9 Å². The zero-order valence-electron chi connectivity index (χ0n) is 18.8. The van der Waals surface area contributed by atoms with Crippen molar-refractivity contribution in [3.8, 4) is 0 Å². The van der Waals surface area contributed by atoms with Gasteiger partial charge in [0, 0.05) is 23.0 Å². The third-order valence-corrected chi connectivity index (χ3v) is 7.25. The lowest BCUT2D eigenvalue weighted by atomic mass is 10.1. The second-order valence-corrected chi connectivity index (χ2v) is 10.2. The van der Waals surface area contributed by atoms with E-state index < -0.39 is 17.9 Å². The van der Waals surface area contributed by atoms with Crippen molar-refractivity contribution in [1.82, 2.24) is 14.6 Å². The molecule has 0 bridgehead atoms. The maximum absolute atomic E-state index is 13.8. The van der Waals surface area contributed by atoms with Crippen LogP contribution in [0.2, 0.25) is 5.02 Å². The number of hydrogen-bond donors (Lipinski definition) is 3. The normalized spacial score (nSPS) is 11.9. The van der Waals surface area contributed by atoms with Gasteiger partial charge < -0.3 is 21.7 Å². The van der Waals surface area contributed by atoms with Gasteiger partial charge >= 0.3 is 0 Å². The summed E-state index contributed by atoms with van der Waals surface area (Å²) in [5.74, 6) is -1.28. The molecular weight excluding hydrogens is 494 g/mol. The van der Waals surface area contributed by atoms with Crippen LogP contribution in [0.15, 0.2) is 41.8 Å². The first-order chi connectivity index (χ1) is 16.2. The third-order valence-electron chi connectivity index (χ3n) is 5.11. The number of nitrogens with one attached hydrogen (secondary N) is 1. The third kappa shape index (κ3) is 5.94. The van der Waals surface area contributed by atoms with Gasteiger partial charge in [0.05, 0.1) is 5.69 Å². The van der Waals surface area contributed by atoms with Gasteiger partial charge in [0.25, 0.3) is 11.8 Å². The SMILES string of the molecule is CC(C)CCNC(=O)C(c1cccs1)N(Cc1ccccc1Cl)C(=O)c1snc(C(N)=O)c1N. The maximum Gasteiger partial charge on any atom is 0.270 e. The van der Waals surface area contributed by atoms with Crippen LogP contribution in [0.5, 0.6) is 0 Å². The molecule has 2 aromatic heterocycles. The van der Waals surface area contributed by atoms with Crippen LogP contribution in [-0.4, -0.2) is 33.5 Å². The maximum atomic E-state index is 13.8. The van der Waals surface area contributed by atoms with E-state index in [-0.39, 0.29) is 28.7 Å². The minimum Gasteiger partial charge on any atom is -0.395 e. The molecule has 0 radical (unpaired) electrons. The highest BCUT2D eigenvalue weighted by Gasteiger charge is 2.35. The highest BCUT2D eigenvalue weighted by atomic mass is 35.5. The smallest absolute Gasteiger partial charge is 0.270 e. The molecule has 34 heavy (non-hydrogen) atoms. The summed E-state index contributed by atoms with van der Waals surface area (Å²) in [6.45, 7) is 4.65. The van der Waals surface area contributed by atoms with Gasteiger partial charge in [-0.25, -0.2) is 0 Å². The molecule has 3 aromatic rings. The Labute approximate surface area is 211 Å². The number of nitrogens with two attached hydrogens (primary N) is 2. The molecule has 0 aliphatic carbocycles. The van der Waals surface area contributed by atoms with Crippen molar-refractivity contribution < 1.29 is 14.4 Å². The molecule has 1 atom stereocenters. The van der Waals surface area contributed by atoms with E-state index in [0.29, 0.717) is 27.9 Å². The van der Waals surface area contributed by atoms with Crippen molar-refractivity contribution in [3.63, 3.8) is 0 Å². The van der Waals surface area contributed by atoms with Crippen molar-refractivity contribution in [2.45, 2.75) is 32.9 Å². The van der Waals surface area contributed by atoms with Crippen LogP contribution in [0, 0.1) is 5.92 Å². The van der Waals surface area contributed by atoms with Gasteiger partial charge in [-0.2, -0.15) is 4.37 Å². The van der Waals surface area contributed by atoms with E-state index >= 15 is 0 Å². The minimum absolute atomic E-state index is 0.0393. The topological polar surface area (TPSA) is 131 Å². The number of halogens is 1.